The predicted molar refractivity (Wildman–Crippen MR) is 48.5 cm³/mol. The van der Waals surface area contributed by atoms with E-state index in [2.05, 4.69) is 0 Å². The molecule has 0 atom stereocenters. The predicted octanol–water partition coefficient (Wildman–Crippen LogP) is 4.24. The fourth-order valence-electron chi connectivity index (χ4n) is 1.05. The van der Waals surface area contributed by atoms with Gasteiger partial charge in [0.05, 0.1) is 0 Å². The van der Waals surface area contributed by atoms with Gasteiger partial charge in [0.1, 0.15) is 5.83 Å². The Labute approximate surface area is 77.1 Å². The largest absolute Gasteiger partial charge is 0.266 e. The van der Waals surface area contributed by atoms with Gasteiger partial charge < -0.3 is 0 Å². The fourth-order valence-corrected chi connectivity index (χ4v) is 1.05. The zero-order chi connectivity index (χ0) is 10.4. The van der Waals surface area contributed by atoms with Crippen molar-refractivity contribution in [2.45, 2.75) is 40.0 Å². The van der Waals surface area contributed by atoms with Gasteiger partial charge in [-0.25, -0.2) is 13.2 Å². The molecule has 0 heterocycles. The van der Waals surface area contributed by atoms with Crippen molar-refractivity contribution in [1.82, 2.24) is 0 Å². The van der Waals surface area contributed by atoms with Crippen molar-refractivity contribution in [3.8, 4) is 0 Å². The summed E-state index contributed by atoms with van der Waals surface area (Å²) in [7, 11) is 0. The molecule has 0 fully saturated rings. The first-order chi connectivity index (χ1) is 6.11. The van der Waals surface area contributed by atoms with Gasteiger partial charge in [-0.15, -0.1) is 0 Å². The van der Waals surface area contributed by atoms with Gasteiger partial charge in [-0.1, -0.05) is 25.5 Å². The van der Waals surface area contributed by atoms with Gasteiger partial charge in [0.2, 0.25) is 0 Å². The maximum absolute atomic E-state index is 12.6. The van der Waals surface area contributed by atoms with Gasteiger partial charge in [-0.2, -0.15) is 0 Å². The average molecular weight is 192 g/mol. The van der Waals surface area contributed by atoms with Crippen molar-refractivity contribution in [2.75, 3.05) is 0 Å². The molecule has 1 aliphatic rings. The molecule has 13 heavy (non-hydrogen) atoms. The summed E-state index contributed by atoms with van der Waals surface area (Å²) in [6, 6.07) is 0. The summed E-state index contributed by atoms with van der Waals surface area (Å²) in [4.78, 5) is 0. The minimum atomic E-state index is -2.68. The summed E-state index contributed by atoms with van der Waals surface area (Å²) in [5.74, 6) is -0.661. The van der Waals surface area contributed by atoms with Crippen LogP contribution in [-0.4, -0.2) is 6.43 Å². The third-order valence-electron chi connectivity index (χ3n) is 1.69. The van der Waals surface area contributed by atoms with Gasteiger partial charge in [-0.3, -0.25) is 0 Å². The maximum Gasteiger partial charge on any atom is 0.266 e. The highest BCUT2D eigenvalue weighted by molar-refractivity contribution is 5.31. The zero-order valence-corrected chi connectivity index (χ0v) is 8.20. The van der Waals surface area contributed by atoms with Crippen molar-refractivity contribution >= 4 is 0 Å². The molecule has 76 valence electrons. The summed E-state index contributed by atoms with van der Waals surface area (Å²) < 4.78 is 36.6. The highest BCUT2D eigenvalue weighted by Gasteiger charge is 2.18. The van der Waals surface area contributed by atoms with Crippen LogP contribution in [0, 0.1) is 0 Å². The van der Waals surface area contributed by atoms with E-state index in [0.29, 0.717) is 6.42 Å². The minimum Gasteiger partial charge on any atom is -0.211 e. The first-order valence-corrected chi connectivity index (χ1v) is 4.45. The summed E-state index contributed by atoms with van der Waals surface area (Å²) in [5.41, 5.74) is 0.385. The molecule has 0 saturated heterocycles. The van der Waals surface area contributed by atoms with Crippen molar-refractivity contribution in [3.63, 3.8) is 0 Å². The van der Waals surface area contributed by atoms with E-state index >= 15 is 0 Å². The van der Waals surface area contributed by atoms with Gasteiger partial charge >= 0.3 is 0 Å². The molecular weight excluding hydrogens is 177 g/mol. The first-order valence-electron chi connectivity index (χ1n) is 4.45. The second-order valence-corrected chi connectivity index (χ2v) is 2.65. The number of allylic oxidation sites excluding steroid dienone is 4. The van der Waals surface area contributed by atoms with Crippen molar-refractivity contribution in [3.05, 3.63) is 23.0 Å². The van der Waals surface area contributed by atoms with E-state index in [4.69, 9.17) is 0 Å². The van der Waals surface area contributed by atoms with Crippen LogP contribution in [0.5, 0.6) is 0 Å². The third-order valence-corrected chi connectivity index (χ3v) is 1.69. The third kappa shape index (κ3) is 3.66. The summed E-state index contributed by atoms with van der Waals surface area (Å²) in [6.07, 6.45) is -0.752. The van der Waals surface area contributed by atoms with Crippen LogP contribution >= 0.6 is 0 Å². The molecule has 0 saturated carbocycles. The van der Waals surface area contributed by atoms with Gasteiger partial charge in [0, 0.05) is 12.0 Å². The number of rotatable bonds is 1. The van der Waals surface area contributed by atoms with Crippen LogP contribution in [0.2, 0.25) is 0 Å². The summed E-state index contributed by atoms with van der Waals surface area (Å²) in [5, 5.41) is 0. The normalized spacial score (nSPS) is 16.7. The molecule has 0 N–H and O–H groups in total. The molecule has 0 aliphatic heterocycles. The fraction of sp³-hybridized carbons (Fsp3) is 0.600. The lowest BCUT2D eigenvalue weighted by atomic mass is 10.00. The lowest BCUT2D eigenvalue weighted by Crippen LogP contribution is -2.02. The SMILES string of the molecule is CC.CC1=CC(C(F)F)=C(F)CC1. The van der Waals surface area contributed by atoms with Crippen LogP contribution in [0.15, 0.2) is 23.0 Å². The van der Waals surface area contributed by atoms with Crippen LogP contribution in [0.3, 0.4) is 0 Å². The molecule has 1 aliphatic carbocycles. The van der Waals surface area contributed by atoms with Crippen LogP contribution in [0.1, 0.15) is 33.6 Å². The molecule has 0 amide bonds. The van der Waals surface area contributed by atoms with Crippen LogP contribution in [0.4, 0.5) is 13.2 Å². The minimum absolute atomic E-state index is 0.127. The van der Waals surface area contributed by atoms with Crippen LogP contribution in [0.25, 0.3) is 0 Å². The second-order valence-electron chi connectivity index (χ2n) is 2.65. The standard InChI is InChI=1S/C8H9F3.C2H6/c1-5-2-3-7(9)6(4-5)8(10)11;1-2/h4,8H,2-3H2,1H3;1-2H3. The average Bonchev–Trinajstić information content (AvgIpc) is 2.12. The number of hydrogen-bond donors (Lipinski definition) is 0. The smallest absolute Gasteiger partial charge is 0.211 e. The van der Waals surface area contributed by atoms with E-state index < -0.39 is 17.8 Å². The molecule has 0 aromatic heterocycles. The number of halogens is 3. The van der Waals surface area contributed by atoms with Crippen molar-refractivity contribution in [2.24, 2.45) is 0 Å². The summed E-state index contributed by atoms with van der Waals surface area (Å²) in [6.45, 7) is 5.73. The lowest BCUT2D eigenvalue weighted by molar-refractivity contribution is 0.188. The van der Waals surface area contributed by atoms with Gasteiger partial charge in [-0.05, 0) is 13.3 Å². The molecular formula is C10H15F3. The van der Waals surface area contributed by atoms with E-state index in [1.54, 1.807) is 6.92 Å². The number of alkyl halides is 2. The Hall–Kier alpha value is -0.730. The van der Waals surface area contributed by atoms with Crippen LogP contribution in [-0.2, 0) is 0 Å². The molecule has 1 rings (SSSR count). The van der Waals surface area contributed by atoms with Gasteiger partial charge in [0.15, 0.2) is 0 Å². The molecule has 0 nitrogen and oxygen atoms in total. The highest BCUT2D eigenvalue weighted by Crippen LogP contribution is 2.28. The van der Waals surface area contributed by atoms with Crippen molar-refractivity contribution in [1.29, 1.82) is 0 Å². The van der Waals surface area contributed by atoms with Crippen molar-refractivity contribution < 1.29 is 13.2 Å². The van der Waals surface area contributed by atoms with Gasteiger partial charge in [0.25, 0.3) is 6.43 Å². The Balaban J connectivity index is 0.000000671. The molecule has 0 spiro atoms. The van der Waals surface area contributed by atoms with E-state index in [-0.39, 0.29) is 6.42 Å². The van der Waals surface area contributed by atoms with E-state index in [1.165, 1.54) is 6.08 Å². The molecule has 0 aromatic rings. The molecule has 0 radical (unpaired) electrons. The topological polar surface area (TPSA) is 0 Å². The second kappa shape index (κ2) is 5.84. The molecule has 0 aromatic carbocycles. The van der Waals surface area contributed by atoms with E-state index in [9.17, 15) is 13.2 Å². The Morgan fingerprint density at radius 2 is 1.77 bits per heavy atom. The van der Waals surface area contributed by atoms with E-state index in [0.717, 1.165) is 5.57 Å². The van der Waals surface area contributed by atoms with Crippen LogP contribution < -0.4 is 0 Å². The Kier molecular flexibility index (Phi) is 5.51. The monoisotopic (exact) mass is 192 g/mol. The Bertz CT molecular complexity index is 214. The first kappa shape index (κ1) is 12.3. The number of hydrogen-bond acceptors (Lipinski definition) is 0. The van der Waals surface area contributed by atoms with E-state index in [1.807, 2.05) is 13.8 Å². The summed E-state index contributed by atoms with van der Waals surface area (Å²) >= 11 is 0. The maximum atomic E-state index is 12.6. The molecule has 0 unspecified atom stereocenters. The molecule has 0 bridgehead atoms. The Morgan fingerprint density at radius 3 is 2.15 bits per heavy atom. The highest BCUT2D eigenvalue weighted by atomic mass is 19.3. The lowest BCUT2D eigenvalue weighted by Gasteiger charge is -2.11. The quantitative estimate of drug-likeness (QED) is 0.582. The molecule has 3 heteroatoms. The Morgan fingerprint density at radius 1 is 1.23 bits per heavy atom. The zero-order valence-electron chi connectivity index (χ0n) is 8.20.